The van der Waals surface area contributed by atoms with Crippen molar-refractivity contribution < 1.29 is 19.0 Å². The molecule has 0 spiro atoms. The second-order valence-corrected chi connectivity index (χ2v) is 5.85. The predicted molar refractivity (Wildman–Crippen MR) is 84.5 cm³/mol. The van der Waals surface area contributed by atoms with Crippen molar-refractivity contribution in [2.75, 3.05) is 18.6 Å². The molecular formula is C14H13ClFNO4S. The number of ether oxygens (including phenoxy) is 1. The Balaban J connectivity index is 2.57. The van der Waals surface area contributed by atoms with Crippen molar-refractivity contribution in [2.45, 2.75) is 6.73 Å². The molecule has 0 saturated carbocycles. The number of aromatic nitrogens is 1. The Labute approximate surface area is 134 Å². The minimum atomic E-state index is -1.37. The van der Waals surface area contributed by atoms with Gasteiger partial charge >= 0.3 is 5.97 Å². The summed E-state index contributed by atoms with van der Waals surface area (Å²) in [6.45, 7) is 0.506. The molecule has 1 aromatic heterocycles. The van der Waals surface area contributed by atoms with Crippen LogP contribution in [0.15, 0.2) is 23.1 Å². The van der Waals surface area contributed by atoms with Gasteiger partial charge in [0.15, 0.2) is 0 Å². The third-order valence-corrected chi connectivity index (χ3v) is 3.88. The quantitative estimate of drug-likeness (QED) is 0.815. The standard InChI is InChI=1S/C14H13ClFNO4S/c1-22-3-2-21-7-17-6-9(14(19)20)13(18)8-4-11(16)10(15)5-12(8)17/h4-6H,2-3,7H2,1H3,(H,19,20). The van der Waals surface area contributed by atoms with Crippen molar-refractivity contribution in [3.05, 3.63) is 45.0 Å². The summed E-state index contributed by atoms with van der Waals surface area (Å²) in [6.07, 6.45) is 3.11. The molecular weight excluding hydrogens is 333 g/mol. The third-order valence-electron chi connectivity index (χ3n) is 3.01. The van der Waals surface area contributed by atoms with Gasteiger partial charge in [0.1, 0.15) is 18.1 Å². The topological polar surface area (TPSA) is 68.5 Å². The van der Waals surface area contributed by atoms with Gasteiger partial charge in [-0.3, -0.25) is 4.79 Å². The summed E-state index contributed by atoms with van der Waals surface area (Å²) >= 11 is 7.35. The van der Waals surface area contributed by atoms with E-state index in [1.54, 1.807) is 11.8 Å². The number of carboxylic acid groups (broad SMARTS) is 1. The van der Waals surface area contributed by atoms with Crippen LogP contribution < -0.4 is 5.43 Å². The Bertz CT molecular complexity index is 778. The number of nitrogens with zero attached hydrogens (tertiary/aromatic N) is 1. The average Bonchev–Trinajstić information content (AvgIpc) is 2.47. The number of carboxylic acids is 1. The van der Waals surface area contributed by atoms with E-state index in [0.717, 1.165) is 11.8 Å². The third kappa shape index (κ3) is 3.43. The first-order valence-corrected chi connectivity index (χ1v) is 8.05. The van der Waals surface area contributed by atoms with Crippen LogP contribution in [-0.4, -0.2) is 34.3 Å². The van der Waals surface area contributed by atoms with E-state index in [1.165, 1.54) is 16.8 Å². The highest BCUT2D eigenvalue weighted by molar-refractivity contribution is 7.98. The van der Waals surface area contributed by atoms with Crippen molar-refractivity contribution in [3.8, 4) is 0 Å². The summed E-state index contributed by atoms with van der Waals surface area (Å²) in [7, 11) is 0. The molecule has 0 aliphatic carbocycles. The van der Waals surface area contributed by atoms with Crippen LogP contribution in [0.3, 0.4) is 0 Å². The first-order chi connectivity index (χ1) is 10.5. The van der Waals surface area contributed by atoms with Crippen LogP contribution in [0.4, 0.5) is 4.39 Å². The lowest BCUT2D eigenvalue weighted by Crippen LogP contribution is -2.20. The summed E-state index contributed by atoms with van der Waals surface area (Å²) in [4.78, 5) is 23.3. The number of hydrogen-bond acceptors (Lipinski definition) is 4. The lowest BCUT2D eigenvalue weighted by atomic mass is 10.1. The van der Waals surface area contributed by atoms with Gasteiger partial charge < -0.3 is 14.4 Å². The molecule has 5 nitrogen and oxygen atoms in total. The van der Waals surface area contributed by atoms with Crippen LogP contribution in [0.25, 0.3) is 10.9 Å². The largest absolute Gasteiger partial charge is 0.477 e. The molecule has 22 heavy (non-hydrogen) atoms. The maximum atomic E-state index is 13.6. The Morgan fingerprint density at radius 3 is 2.86 bits per heavy atom. The number of rotatable bonds is 6. The van der Waals surface area contributed by atoms with Gasteiger partial charge in [-0.2, -0.15) is 11.8 Å². The van der Waals surface area contributed by atoms with Crippen LogP contribution in [0.2, 0.25) is 5.02 Å². The molecule has 1 aromatic carbocycles. The fourth-order valence-electron chi connectivity index (χ4n) is 1.95. The van der Waals surface area contributed by atoms with Gasteiger partial charge in [-0.05, 0) is 18.4 Å². The van der Waals surface area contributed by atoms with Gasteiger partial charge in [-0.25, -0.2) is 9.18 Å². The highest BCUT2D eigenvalue weighted by atomic mass is 35.5. The minimum Gasteiger partial charge on any atom is -0.477 e. The molecule has 0 amide bonds. The zero-order chi connectivity index (χ0) is 16.3. The number of thioether (sulfide) groups is 1. The number of benzene rings is 1. The summed E-state index contributed by atoms with van der Waals surface area (Å²) < 4.78 is 20.4. The zero-order valence-corrected chi connectivity index (χ0v) is 13.2. The van der Waals surface area contributed by atoms with Gasteiger partial charge in [-0.1, -0.05) is 11.6 Å². The molecule has 1 heterocycles. The summed E-state index contributed by atoms with van der Waals surface area (Å²) in [5.41, 5.74) is -0.869. The lowest BCUT2D eigenvalue weighted by molar-refractivity contribution is 0.0690. The molecule has 2 aromatic rings. The summed E-state index contributed by atoms with van der Waals surface area (Å²) in [5.74, 6) is -1.37. The molecule has 0 atom stereocenters. The fourth-order valence-corrected chi connectivity index (χ4v) is 2.39. The average molecular weight is 346 g/mol. The van der Waals surface area contributed by atoms with Crippen molar-refractivity contribution in [3.63, 3.8) is 0 Å². The highest BCUT2D eigenvalue weighted by Gasteiger charge is 2.16. The van der Waals surface area contributed by atoms with E-state index < -0.39 is 22.8 Å². The van der Waals surface area contributed by atoms with Gasteiger partial charge in [0.25, 0.3) is 0 Å². The maximum absolute atomic E-state index is 13.6. The van der Waals surface area contributed by atoms with Crippen LogP contribution >= 0.6 is 23.4 Å². The smallest absolute Gasteiger partial charge is 0.341 e. The molecule has 0 aliphatic heterocycles. The van der Waals surface area contributed by atoms with Crippen molar-refractivity contribution in [1.29, 1.82) is 0 Å². The van der Waals surface area contributed by atoms with Gasteiger partial charge in [0.05, 0.1) is 17.1 Å². The van der Waals surface area contributed by atoms with Crippen LogP contribution in [-0.2, 0) is 11.5 Å². The van der Waals surface area contributed by atoms with E-state index >= 15 is 0 Å². The Morgan fingerprint density at radius 2 is 2.23 bits per heavy atom. The molecule has 8 heteroatoms. The molecule has 0 radical (unpaired) electrons. The van der Waals surface area contributed by atoms with Crippen molar-refractivity contribution in [2.24, 2.45) is 0 Å². The highest BCUT2D eigenvalue weighted by Crippen LogP contribution is 2.21. The molecule has 0 bridgehead atoms. The molecule has 2 rings (SSSR count). The van der Waals surface area contributed by atoms with Gasteiger partial charge in [-0.15, -0.1) is 0 Å². The summed E-state index contributed by atoms with van der Waals surface area (Å²) in [6, 6.07) is 2.24. The minimum absolute atomic E-state index is 0.0413. The second kappa shape index (κ2) is 7.13. The Morgan fingerprint density at radius 1 is 1.50 bits per heavy atom. The second-order valence-electron chi connectivity index (χ2n) is 4.46. The Hall–Kier alpha value is -1.57. The van der Waals surface area contributed by atoms with Crippen molar-refractivity contribution in [1.82, 2.24) is 4.57 Å². The first-order valence-electron chi connectivity index (χ1n) is 6.28. The van der Waals surface area contributed by atoms with E-state index in [1.807, 2.05) is 6.26 Å². The number of halogens is 2. The fraction of sp³-hybridized carbons (Fsp3) is 0.286. The van der Waals surface area contributed by atoms with Gasteiger partial charge in [0, 0.05) is 17.3 Å². The summed E-state index contributed by atoms with van der Waals surface area (Å²) in [5, 5.41) is 8.91. The molecule has 1 N–H and O–H groups in total. The maximum Gasteiger partial charge on any atom is 0.341 e. The van der Waals surface area contributed by atoms with E-state index in [4.69, 9.17) is 21.4 Å². The zero-order valence-electron chi connectivity index (χ0n) is 11.6. The van der Waals surface area contributed by atoms with Crippen LogP contribution in [0.1, 0.15) is 10.4 Å². The predicted octanol–water partition coefficient (Wildman–Crippen LogP) is 2.83. The van der Waals surface area contributed by atoms with E-state index in [-0.39, 0.29) is 17.1 Å². The Kier molecular flexibility index (Phi) is 5.44. The molecule has 0 saturated heterocycles. The molecule has 0 aliphatic rings. The SMILES string of the molecule is CSCCOCn1cc(C(=O)O)c(=O)c2cc(F)c(Cl)cc21. The van der Waals surface area contributed by atoms with E-state index in [0.29, 0.717) is 12.1 Å². The lowest BCUT2D eigenvalue weighted by Gasteiger charge is -2.13. The number of hydrogen-bond donors (Lipinski definition) is 1. The van der Waals surface area contributed by atoms with Crippen LogP contribution in [0, 0.1) is 5.82 Å². The normalized spacial score (nSPS) is 11.0. The molecule has 0 fully saturated rings. The number of fused-ring (bicyclic) bond motifs is 1. The van der Waals surface area contributed by atoms with Crippen molar-refractivity contribution >= 4 is 40.2 Å². The monoisotopic (exact) mass is 345 g/mol. The first kappa shape index (κ1) is 16.8. The van der Waals surface area contributed by atoms with E-state index in [9.17, 15) is 14.0 Å². The number of carbonyl (C=O) groups is 1. The number of pyridine rings is 1. The van der Waals surface area contributed by atoms with E-state index in [2.05, 4.69) is 0 Å². The number of aromatic carboxylic acids is 1. The molecule has 0 unspecified atom stereocenters. The molecule has 118 valence electrons. The van der Waals surface area contributed by atoms with Crippen LogP contribution in [0.5, 0.6) is 0 Å². The van der Waals surface area contributed by atoms with Gasteiger partial charge in [0.2, 0.25) is 5.43 Å².